The van der Waals surface area contributed by atoms with E-state index in [4.69, 9.17) is 15.2 Å². The van der Waals surface area contributed by atoms with Gasteiger partial charge in [0, 0.05) is 17.9 Å². The number of anilines is 1. The normalized spacial score (nSPS) is 21.6. The van der Waals surface area contributed by atoms with Crippen LogP contribution in [0.2, 0.25) is 0 Å². The molecule has 1 aliphatic rings. The lowest BCUT2D eigenvalue weighted by Crippen LogP contribution is -2.30. The third-order valence-electron chi connectivity index (χ3n) is 3.82. The molecular weight excluding hydrogens is 270 g/mol. The van der Waals surface area contributed by atoms with Crippen LogP contribution in [0.5, 0.6) is 5.75 Å². The first-order valence-electron chi connectivity index (χ1n) is 6.95. The van der Waals surface area contributed by atoms with Crippen molar-refractivity contribution < 1.29 is 9.47 Å². The molecule has 0 radical (unpaired) electrons. The molecule has 1 aliphatic heterocycles. The highest BCUT2D eigenvalue weighted by atomic mass is 16.5. The minimum absolute atomic E-state index is 0.224. The standard InChI is InChI=1S/C14H19N5O2/c1-14(6-3-7-21-14)9-19-13(16-17-18-19)11-8-10(20-2)4-5-12(11)15/h4-5,8H,3,6-7,9,15H2,1-2H3. The third kappa shape index (κ3) is 2.69. The Morgan fingerprint density at radius 3 is 3.05 bits per heavy atom. The van der Waals surface area contributed by atoms with Gasteiger partial charge in [0.2, 0.25) is 0 Å². The quantitative estimate of drug-likeness (QED) is 0.858. The lowest BCUT2D eigenvalue weighted by molar-refractivity contribution is 0.00356. The van der Waals surface area contributed by atoms with E-state index in [2.05, 4.69) is 22.4 Å². The van der Waals surface area contributed by atoms with Crippen molar-refractivity contribution in [2.45, 2.75) is 31.9 Å². The van der Waals surface area contributed by atoms with Crippen LogP contribution in [0.1, 0.15) is 19.8 Å². The number of nitrogen functional groups attached to an aromatic ring is 1. The molecule has 1 fully saturated rings. The molecule has 1 unspecified atom stereocenters. The van der Waals surface area contributed by atoms with E-state index in [1.54, 1.807) is 17.9 Å². The van der Waals surface area contributed by atoms with Crippen molar-refractivity contribution in [3.8, 4) is 17.1 Å². The number of hydrogen-bond donors (Lipinski definition) is 1. The SMILES string of the molecule is COc1ccc(N)c(-c2nnnn2CC2(C)CCCO2)c1. The van der Waals surface area contributed by atoms with Gasteiger partial charge in [0.05, 0.1) is 19.3 Å². The molecule has 3 rings (SSSR count). The Kier molecular flexibility index (Phi) is 3.50. The predicted octanol–water partition coefficient (Wildman–Crippen LogP) is 1.50. The highest BCUT2D eigenvalue weighted by Crippen LogP contribution is 2.31. The van der Waals surface area contributed by atoms with Crippen molar-refractivity contribution in [1.29, 1.82) is 0 Å². The minimum Gasteiger partial charge on any atom is -0.497 e. The van der Waals surface area contributed by atoms with Crippen LogP contribution in [0.4, 0.5) is 5.69 Å². The van der Waals surface area contributed by atoms with Crippen molar-refractivity contribution in [1.82, 2.24) is 20.2 Å². The van der Waals surface area contributed by atoms with Gasteiger partial charge < -0.3 is 15.2 Å². The van der Waals surface area contributed by atoms with Crippen molar-refractivity contribution >= 4 is 5.69 Å². The maximum absolute atomic E-state index is 6.05. The zero-order chi connectivity index (χ0) is 14.9. The summed E-state index contributed by atoms with van der Waals surface area (Å²) >= 11 is 0. The summed E-state index contributed by atoms with van der Waals surface area (Å²) in [5, 5.41) is 12.0. The number of methoxy groups -OCH3 is 1. The van der Waals surface area contributed by atoms with Crippen molar-refractivity contribution in [2.24, 2.45) is 0 Å². The molecule has 2 N–H and O–H groups in total. The first-order valence-corrected chi connectivity index (χ1v) is 6.95. The molecule has 7 nitrogen and oxygen atoms in total. The molecule has 0 spiro atoms. The Balaban J connectivity index is 1.95. The zero-order valence-electron chi connectivity index (χ0n) is 12.2. The fourth-order valence-corrected chi connectivity index (χ4v) is 2.64. The fourth-order valence-electron chi connectivity index (χ4n) is 2.64. The van der Waals surface area contributed by atoms with E-state index in [0.717, 1.165) is 30.8 Å². The van der Waals surface area contributed by atoms with Gasteiger partial charge in [0.15, 0.2) is 5.82 Å². The number of nitrogens with zero attached hydrogens (tertiary/aromatic N) is 4. The summed E-state index contributed by atoms with van der Waals surface area (Å²) in [6.07, 6.45) is 2.06. The van der Waals surface area contributed by atoms with Crippen LogP contribution in [0.15, 0.2) is 18.2 Å². The summed E-state index contributed by atoms with van der Waals surface area (Å²) in [6, 6.07) is 5.45. The summed E-state index contributed by atoms with van der Waals surface area (Å²) in [5.74, 6) is 1.35. The molecule has 21 heavy (non-hydrogen) atoms. The summed E-state index contributed by atoms with van der Waals surface area (Å²) in [5.41, 5.74) is 7.21. The van der Waals surface area contributed by atoms with Gasteiger partial charge in [-0.15, -0.1) is 5.10 Å². The van der Waals surface area contributed by atoms with Gasteiger partial charge in [0.1, 0.15) is 5.75 Å². The topological polar surface area (TPSA) is 88.1 Å². The van der Waals surface area contributed by atoms with Crippen LogP contribution >= 0.6 is 0 Å². The second kappa shape index (κ2) is 5.33. The monoisotopic (exact) mass is 289 g/mol. The number of nitrogens with two attached hydrogens (primary N) is 1. The van der Waals surface area contributed by atoms with Crippen LogP contribution in [0, 0.1) is 0 Å². The Labute approximate surface area is 123 Å². The van der Waals surface area contributed by atoms with E-state index in [0.29, 0.717) is 18.1 Å². The molecule has 0 aliphatic carbocycles. The first-order chi connectivity index (χ1) is 10.1. The largest absolute Gasteiger partial charge is 0.497 e. The predicted molar refractivity (Wildman–Crippen MR) is 77.8 cm³/mol. The van der Waals surface area contributed by atoms with Crippen LogP contribution in [-0.4, -0.2) is 39.5 Å². The van der Waals surface area contributed by atoms with E-state index in [1.165, 1.54) is 0 Å². The first kappa shape index (κ1) is 13.8. The Morgan fingerprint density at radius 2 is 2.33 bits per heavy atom. The van der Waals surface area contributed by atoms with E-state index >= 15 is 0 Å². The van der Waals surface area contributed by atoms with Gasteiger partial charge in [0.25, 0.3) is 0 Å². The third-order valence-corrected chi connectivity index (χ3v) is 3.82. The van der Waals surface area contributed by atoms with Gasteiger partial charge >= 0.3 is 0 Å². The fraction of sp³-hybridized carbons (Fsp3) is 0.500. The second-order valence-corrected chi connectivity index (χ2v) is 5.52. The van der Waals surface area contributed by atoms with E-state index in [9.17, 15) is 0 Å². The van der Waals surface area contributed by atoms with Crippen LogP contribution in [-0.2, 0) is 11.3 Å². The van der Waals surface area contributed by atoms with Crippen LogP contribution in [0.25, 0.3) is 11.4 Å². The lowest BCUT2D eigenvalue weighted by atomic mass is 10.0. The van der Waals surface area contributed by atoms with Crippen LogP contribution in [0.3, 0.4) is 0 Å². The molecular formula is C14H19N5O2. The van der Waals surface area contributed by atoms with Crippen LogP contribution < -0.4 is 10.5 Å². The zero-order valence-corrected chi connectivity index (χ0v) is 12.2. The van der Waals surface area contributed by atoms with E-state index in [-0.39, 0.29) is 5.60 Å². The van der Waals surface area contributed by atoms with Crippen molar-refractivity contribution in [3.05, 3.63) is 18.2 Å². The molecule has 2 heterocycles. The molecule has 1 aromatic heterocycles. The van der Waals surface area contributed by atoms with Gasteiger partial charge in [-0.05, 0) is 48.4 Å². The van der Waals surface area contributed by atoms with Gasteiger partial charge in [-0.3, -0.25) is 0 Å². The Bertz CT molecular complexity index is 634. The van der Waals surface area contributed by atoms with E-state index < -0.39 is 0 Å². The molecule has 0 amide bonds. The van der Waals surface area contributed by atoms with Crippen molar-refractivity contribution in [2.75, 3.05) is 19.5 Å². The number of tetrazole rings is 1. The van der Waals surface area contributed by atoms with Gasteiger partial charge in [-0.25, -0.2) is 4.68 Å². The molecule has 0 bridgehead atoms. The lowest BCUT2D eigenvalue weighted by Gasteiger charge is -2.23. The summed E-state index contributed by atoms with van der Waals surface area (Å²) in [6.45, 7) is 3.47. The van der Waals surface area contributed by atoms with Crippen molar-refractivity contribution in [3.63, 3.8) is 0 Å². The minimum atomic E-state index is -0.224. The van der Waals surface area contributed by atoms with Gasteiger partial charge in [-0.1, -0.05) is 0 Å². The number of benzene rings is 1. The molecule has 112 valence electrons. The molecule has 1 aromatic carbocycles. The maximum Gasteiger partial charge on any atom is 0.184 e. The molecule has 0 saturated carbocycles. The average molecular weight is 289 g/mol. The number of rotatable bonds is 4. The molecule has 2 aromatic rings. The highest BCUT2D eigenvalue weighted by molar-refractivity contribution is 5.73. The Hall–Kier alpha value is -2.15. The number of aromatic nitrogens is 4. The summed E-state index contributed by atoms with van der Waals surface area (Å²) < 4.78 is 12.8. The highest BCUT2D eigenvalue weighted by Gasteiger charge is 2.32. The van der Waals surface area contributed by atoms with Gasteiger partial charge in [-0.2, -0.15) is 0 Å². The maximum atomic E-state index is 6.05. The summed E-state index contributed by atoms with van der Waals surface area (Å²) in [7, 11) is 1.62. The second-order valence-electron chi connectivity index (χ2n) is 5.52. The molecule has 1 atom stereocenters. The van der Waals surface area contributed by atoms with E-state index in [1.807, 2.05) is 12.1 Å². The molecule has 7 heteroatoms. The average Bonchev–Trinajstić information content (AvgIpc) is 3.09. The molecule has 1 saturated heterocycles. The number of hydrogen-bond acceptors (Lipinski definition) is 6. The summed E-state index contributed by atoms with van der Waals surface area (Å²) in [4.78, 5) is 0. The number of ether oxygens (including phenoxy) is 2. The Morgan fingerprint density at radius 1 is 1.48 bits per heavy atom. The smallest absolute Gasteiger partial charge is 0.184 e.